The zero-order chi connectivity index (χ0) is 29.3. The van der Waals surface area contributed by atoms with Crippen LogP contribution in [0.1, 0.15) is 60.8 Å². The number of aliphatic hydroxyl groups is 1. The molecule has 5 rings (SSSR count). The molecule has 2 fully saturated rings. The molecule has 4 atom stereocenters. The van der Waals surface area contributed by atoms with E-state index in [1.54, 1.807) is 7.11 Å². The summed E-state index contributed by atoms with van der Waals surface area (Å²) in [5, 5.41) is 15.2. The second-order valence-corrected chi connectivity index (χ2v) is 11.1. The number of nitrogens with one attached hydrogen (secondary N) is 2. The highest BCUT2D eigenvalue weighted by atomic mass is 16.7. The van der Waals surface area contributed by atoms with Crippen molar-refractivity contribution in [1.82, 2.24) is 15.5 Å². The van der Waals surface area contributed by atoms with E-state index >= 15 is 0 Å². The van der Waals surface area contributed by atoms with Gasteiger partial charge in [0.25, 0.3) is 0 Å². The van der Waals surface area contributed by atoms with Crippen LogP contribution in [0.5, 0.6) is 0 Å². The number of nitrogens with zero attached hydrogens (tertiary/aromatic N) is 1. The van der Waals surface area contributed by atoms with Gasteiger partial charge < -0.3 is 30.0 Å². The monoisotopic (exact) mass is 573 g/mol. The molecule has 8 heteroatoms. The number of rotatable bonds is 11. The van der Waals surface area contributed by atoms with Crippen LogP contribution in [0, 0.1) is 0 Å². The maximum Gasteiger partial charge on any atom is 0.315 e. The molecule has 3 aromatic rings. The highest BCUT2D eigenvalue weighted by molar-refractivity contribution is 5.74. The number of benzene rings is 3. The molecule has 2 amide bonds. The van der Waals surface area contributed by atoms with E-state index < -0.39 is 6.29 Å². The van der Waals surface area contributed by atoms with Crippen LogP contribution in [-0.4, -0.2) is 61.5 Å². The van der Waals surface area contributed by atoms with Crippen molar-refractivity contribution in [2.24, 2.45) is 0 Å². The maximum absolute atomic E-state index is 11.9. The fourth-order valence-corrected chi connectivity index (χ4v) is 5.94. The van der Waals surface area contributed by atoms with E-state index in [1.165, 1.54) is 6.42 Å². The predicted molar refractivity (Wildman–Crippen MR) is 163 cm³/mol. The molecule has 2 aliphatic rings. The Morgan fingerprint density at radius 1 is 0.976 bits per heavy atom. The minimum absolute atomic E-state index is 0.00366. The normalized spacial score (nSPS) is 22.6. The standard InChI is InChI=1S/C34H43N3O5/c1-3-35-34(39)36-20-25-7-4-8-27(17-25)28-9-5-10-29(18-28)33-41-31(21-37-16-6-11-30(37)23-40-2)19-32(42-33)26-14-12-24(22-38)13-15-26/h4-5,7-10,12-15,17-18,30-33,38H,3,6,11,16,19-23H2,1-2H3,(H2,35,36,39)/t30-,31+,32-,33-/m0/s1. The van der Waals surface area contributed by atoms with Crippen LogP contribution in [-0.2, 0) is 27.4 Å². The van der Waals surface area contributed by atoms with Gasteiger partial charge in [-0.3, -0.25) is 4.90 Å². The topological polar surface area (TPSA) is 92.3 Å². The van der Waals surface area contributed by atoms with Crippen LogP contribution in [0.15, 0.2) is 72.8 Å². The molecule has 224 valence electrons. The minimum atomic E-state index is -0.516. The molecule has 2 saturated heterocycles. The Hall–Kier alpha value is -3.27. The Kier molecular flexibility index (Phi) is 10.6. The quantitative estimate of drug-likeness (QED) is 0.288. The van der Waals surface area contributed by atoms with E-state index in [4.69, 9.17) is 14.2 Å². The molecular formula is C34H43N3O5. The van der Waals surface area contributed by atoms with E-state index in [-0.39, 0.29) is 24.8 Å². The Bertz CT molecular complexity index is 1300. The Morgan fingerprint density at radius 2 is 1.76 bits per heavy atom. The summed E-state index contributed by atoms with van der Waals surface area (Å²) in [5.41, 5.74) is 6.09. The van der Waals surface area contributed by atoms with Crippen LogP contribution >= 0.6 is 0 Å². The van der Waals surface area contributed by atoms with Gasteiger partial charge in [0.2, 0.25) is 0 Å². The van der Waals surface area contributed by atoms with Gasteiger partial charge in [-0.2, -0.15) is 0 Å². The third-order valence-corrected chi connectivity index (χ3v) is 8.12. The van der Waals surface area contributed by atoms with E-state index in [0.717, 1.165) is 65.9 Å². The number of urea groups is 1. The Morgan fingerprint density at radius 3 is 2.52 bits per heavy atom. The lowest BCUT2D eigenvalue weighted by molar-refractivity contribution is -0.253. The van der Waals surface area contributed by atoms with Crippen molar-refractivity contribution >= 4 is 6.03 Å². The number of hydrogen-bond acceptors (Lipinski definition) is 6. The number of carbonyl (C=O) groups is 1. The van der Waals surface area contributed by atoms with Gasteiger partial charge in [-0.1, -0.05) is 60.7 Å². The molecule has 0 aliphatic carbocycles. The molecule has 8 nitrogen and oxygen atoms in total. The smallest absolute Gasteiger partial charge is 0.315 e. The fourth-order valence-electron chi connectivity index (χ4n) is 5.94. The average molecular weight is 574 g/mol. The SMILES string of the molecule is CCNC(=O)NCc1cccc(-c2cccc([C@H]3O[C@@H](CN4CCC[C@H]4COC)C[C@@H](c4ccc(CO)cc4)O3)c2)c1. The third-order valence-electron chi connectivity index (χ3n) is 8.12. The van der Waals surface area contributed by atoms with Gasteiger partial charge in [-0.15, -0.1) is 0 Å². The summed E-state index contributed by atoms with van der Waals surface area (Å²) in [6.07, 6.45) is 2.43. The van der Waals surface area contributed by atoms with Crippen molar-refractivity contribution in [2.75, 3.05) is 33.4 Å². The molecule has 2 aliphatic heterocycles. The lowest BCUT2D eigenvalue weighted by Crippen LogP contribution is -2.42. The molecule has 3 N–H and O–H groups in total. The molecule has 42 heavy (non-hydrogen) atoms. The van der Waals surface area contributed by atoms with E-state index in [2.05, 4.69) is 58.0 Å². The lowest BCUT2D eigenvalue weighted by atomic mass is 9.98. The summed E-state index contributed by atoms with van der Waals surface area (Å²) >= 11 is 0. The summed E-state index contributed by atoms with van der Waals surface area (Å²) < 4.78 is 18.8. The van der Waals surface area contributed by atoms with E-state index in [1.807, 2.05) is 37.3 Å². The fraction of sp³-hybridized carbons (Fsp3) is 0.441. The minimum Gasteiger partial charge on any atom is -0.392 e. The third kappa shape index (κ3) is 7.76. The van der Waals surface area contributed by atoms with Crippen molar-refractivity contribution in [2.45, 2.75) is 63.9 Å². The number of ether oxygens (including phenoxy) is 3. The lowest BCUT2D eigenvalue weighted by Gasteiger charge is -2.39. The first kappa shape index (κ1) is 30.2. The van der Waals surface area contributed by atoms with Gasteiger partial charge in [0.1, 0.15) is 0 Å². The average Bonchev–Trinajstić information content (AvgIpc) is 3.46. The largest absolute Gasteiger partial charge is 0.392 e. The van der Waals surface area contributed by atoms with Crippen molar-refractivity contribution in [3.8, 4) is 11.1 Å². The molecule has 0 radical (unpaired) electrons. The first-order chi connectivity index (χ1) is 20.6. The summed E-state index contributed by atoms with van der Waals surface area (Å²) in [7, 11) is 1.77. The van der Waals surface area contributed by atoms with Crippen LogP contribution in [0.2, 0.25) is 0 Å². The molecule has 0 bridgehead atoms. The van der Waals surface area contributed by atoms with Gasteiger partial charge in [-0.05, 0) is 66.3 Å². The van der Waals surface area contributed by atoms with Crippen molar-refractivity contribution in [3.05, 3.63) is 95.1 Å². The molecule has 0 spiro atoms. The van der Waals surface area contributed by atoms with Crippen molar-refractivity contribution < 1.29 is 24.1 Å². The molecule has 0 unspecified atom stereocenters. The number of hydrogen-bond donors (Lipinski definition) is 3. The number of methoxy groups -OCH3 is 1. The van der Waals surface area contributed by atoms with Gasteiger partial charge in [0.05, 0.1) is 25.4 Å². The second-order valence-electron chi connectivity index (χ2n) is 11.1. The molecular weight excluding hydrogens is 530 g/mol. The number of carbonyl (C=O) groups excluding carboxylic acids is 1. The maximum atomic E-state index is 11.9. The Balaban J connectivity index is 1.36. The zero-order valence-corrected chi connectivity index (χ0v) is 24.6. The molecule has 0 aromatic heterocycles. The van der Waals surface area contributed by atoms with E-state index in [0.29, 0.717) is 19.1 Å². The van der Waals surface area contributed by atoms with Gasteiger partial charge >= 0.3 is 6.03 Å². The van der Waals surface area contributed by atoms with Gasteiger partial charge in [-0.25, -0.2) is 4.79 Å². The summed E-state index contributed by atoms with van der Waals surface area (Å²) in [5.74, 6) is 0. The van der Waals surface area contributed by atoms with E-state index in [9.17, 15) is 9.90 Å². The Labute approximate surface area is 249 Å². The van der Waals surface area contributed by atoms with Crippen LogP contribution in [0.4, 0.5) is 4.79 Å². The van der Waals surface area contributed by atoms with Gasteiger partial charge in [0.15, 0.2) is 6.29 Å². The first-order valence-corrected chi connectivity index (χ1v) is 15.0. The van der Waals surface area contributed by atoms with Crippen LogP contribution in [0.25, 0.3) is 11.1 Å². The van der Waals surface area contributed by atoms with Crippen LogP contribution in [0.3, 0.4) is 0 Å². The summed E-state index contributed by atoms with van der Waals surface area (Å²) in [6, 6.07) is 24.8. The highest BCUT2D eigenvalue weighted by Crippen LogP contribution is 2.39. The molecule has 2 heterocycles. The predicted octanol–water partition coefficient (Wildman–Crippen LogP) is 5.32. The summed E-state index contributed by atoms with van der Waals surface area (Å²) in [4.78, 5) is 14.4. The number of amides is 2. The second kappa shape index (κ2) is 14.8. The highest BCUT2D eigenvalue weighted by Gasteiger charge is 2.35. The number of aliphatic hydroxyl groups excluding tert-OH is 1. The summed E-state index contributed by atoms with van der Waals surface area (Å²) in [6.45, 7) is 5.58. The van der Waals surface area contributed by atoms with Crippen molar-refractivity contribution in [1.29, 1.82) is 0 Å². The zero-order valence-electron chi connectivity index (χ0n) is 24.6. The van der Waals surface area contributed by atoms with Crippen molar-refractivity contribution in [3.63, 3.8) is 0 Å². The van der Waals surface area contributed by atoms with Crippen LogP contribution < -0.4 is 10.6 Å². The number of likely N-dealkylation sites (tertiary alicyclic amines) is 1. The molecule has 3 aromatic carbocycles. The van der Waals surface area contributed by atoms with Gasteiger partial charge in [0, 0.05) is 44.8 Å². The molecule has 0 saturated carbocycles. The first-order valence-electron chi connectivity index (χ1n) is 15.0.